The zero-order valence-electron chi connectivity index (χ0n) is 10.3. The Labute approximate surface area is 106 Å². The van der Waals surface area contributed by atoms with Gasteiger partial charge in [-0.1, -0.05) is 0 Å². The molecule has 1 aliphatic rings. The van der Waals surface area contributed by atoms with Crippen LogP contribution in [0.4, 0.5) is 5.82 Å². The minimum Gasteiger partial charge on any atom is -0.463 e. The van der Waals surface area contributed by atoms with E-state index in [0.29, 0.717) is 6.04 Å². The van der Waals surface area contributed by atoms with Crippen LogP contribution in [0.15, 0.2) is 35.2 Å². The molecule has 5 heteroatoms. The number of hydrogen-bond acceptors (Lipinski definition) is 5. The lowest BCUT2D eigenvalue weighted by atomic mass is 10.2. The standard InChI is InChI=1S/C13H16N4O/c1-10-8-14-4-5-17(10)13-7-11(15-9-16-13)12-3-2-6-18-12/h2-3,6-7,9-10,14H,4-5,8H2,1H3/t10-/m1/s1. The first kappa shape index (κ1) is 11.2. The summed E-state index contributed by atoms with van der Waals surface area (Å²) in [6, 6.07) is 6.21. The Hall–Kier alpha value is -1.88. The molecule has 0 radical (unpaired) electrons. The molecule has 0 aliphatic carbocycles. The Morgan fingerprint density at radius 2 is 2.39 bits per heavy atom. The van der Waals surface area contributed by atoms with Crippen molar-refractivity contribution in [3.05, 3.63) is 30.8 Å². The van der Waals surface area contributed by atoms with Crippen LogP contribution >= 0.6 is 0 Å². The second-order valence-electron chi connectivity index (χ2n) is 4.49. The van der Waals surface area contributed by atoms with Crippen LogP contribution in [0.2, 0.25) is 0 Å². The van der Waals surface area contributed by atoms with Gasteiger partial charge in [-0.15, -0.1) is 0 Å². The number of anilines is 1. The number of hydrogen-bond donors (Lipinski definition) is 1. The highest BCUT2D eigenvalue weighted by Gasteiger charge is 2.19. The van der Waals surface area contributed by atoms with Gasteiger partial charge in [0.2, 0.25) is 0 Å². The quantitative estimate of drug-likeness (QED) is 0.868. The first-order valence-electron chi connectivity index (χ1n) is 6.18. The highest BCUT2D eigenvalue weighted by molar-refractivity contribution is 5.57. The SMILES string of the molecule is C[C@@H]1CNCCN1c1cc(-c2ccco2)ncn1. The van der Waals surface area contributed by atoms with Gasteiger partial charge in [-0.05, 0) is 19.1 Å². The summed E-state index contributed by atoms with van der Waals surface area (Å²) in [6.07, 6.45) is 3.26. The van der Waals surface area contributed by atoms with Gasteiger partial charge in [0.25, 0.3) is 0 Å². The molecule has 94 valence electrons. The van der Waals surface area contributed by atoms with E-state index in [2.05, 4.69) is 27.1 Å². The third kappa shape index (κ3) is 2.09. The van der Waals surface area contributed by atoms with E-state index in [1.807, 2.05) is 18.2 Å². The van der Waals surface area contributed by atoms with Crippen LogP contribution in [0.3, 0.4) is 0 Å². The summed E-state index contributed by atoms with van der Waals surface area (Å²) in [6.45, 7) is 5.14. The van der Waals surface area contributed by atoms with Crippen molar-refractivity contribution < 1.29 is 4.42 Å². The van der Waals surface area contributed by atoms with Gasteiger partial charge in [0, 0.05) is 31.7 Å². The van der Waals surface area contributed by atoms with E-state index in [1.165, 1.54) is 0 Å². The van der Waals surface area contributed by atoms with E-state index in [9.17, 15) is 0 Å². The van der Waals surface area contributed by atoms with E-state index in [4.69, 9.17) is 4.42 Å². The van der Waals surface area contributed by atoms with Crippen molar-refractivity contribution in [2.45, 2.75) is 13.0 Å². The molecule has 1 N–H and O–H groups in total. The molecule has 0 saturated carbocycles. The van der Waals surface area contributed by atoms with Crippen LogP contribution in [-0.4, -0.2) is 35.6 Å². The molecular weight excluding hydrogens is 228 g/mol. The largest absolute Gasteiger partial charge is 0.463 e. The van der Waals surface area contributed by atoms with Gasteiger partial charge in [0.15, 0.2) is 5.76 Å². The fourth-order valence-electron chi connectivity index (χ4n) is 2.24. The molecule has 0 aromatic carbocycles. The number of furan rings is 1. The third-order valence-corrected chi connectivity index (χ3v) is 3.22. The highest BCUT2D eigenvalue weighted by Crippen LogP contribution is 2.22. The zero-order chi connectivity index (χ0) is 12.4. The molecule has 0 unspecified atom stereocenters. The first-order valence-corrected chi connectivity index (χ1v) is 6.18. The van der Waals surface area contributed by atoms with E-state index < -0.39 is 0 Å². The predicted octanol–water partition coefficient (Wildman–Crippen LogP) is 1.53. The average Bonchev–Trinajstić information content (AvgIpc) is 2.93. The molecule has 1 fully saturated rings. The van der Waals surface area contributed by atoms with Crippen LogP contribution in [0, 0.1) is 0 Å². The maximum atomic E-state index is 5.37. The molecule has 18 heavy (non-hydrogen) atoms. The zero-order valence-corrected chi connectivity index (χ0v) is 10.3. The molecule has 0 amide bonds. The van der Waals surface area contributed by atoms with Crippen molar-refractivity contribution in [1.29, 1.82) is 0 Å². The Morgan fingerprint density at radius 1 is 1.44 bits per heavy atom. The minimum atomic E-state index is 0.443. The molecule has 5 nitrogen and oxygen atoms in total. The summed E-state index contributed by atoms with van der Waals surface area (Å²) < 4.78 is 5.37. The summed E-state index contributed by atoms with van der Waals surface area (Å²) in [4.78, 5) is 10.9. The smallest absolute Gasteiger partial charge is 0.152 e. The van der Waals surface area contributed by atoms with Crippen molar-refractivity contribution in [2.75, 3.05) is 24.5 Å². The highest BCUT2D eigenvalue weighted by atomic mass is 16.3. The molecule has 0 spiro atoms. The van der Waals surface area contributed by atoms with Gasteiger partial charge in [-0.3, -0.25) is 0 Å². The predicted molar refractivity (Wildman–Crippen MR) is 69.4 cm³/mol. The fraction of sp³-hybridized carbons (Fsp3) is 0.385. The van der Waals surface area contributed by atoms with Crippen LogP contribution in [0.1, 0.15) is 6.92 Å². The van der Waals surface area contributed by atoms with Crippen LogP contribution in [-0.2, 0) is 0 Å². The number of piperazine rings is 1. The van der Waals surface area contributed by atoms with E-state index in [1.54, 1.807) is 12.6 Å². The summed E-state index contributed by atoms with van der Waals surface area (Å²) in [5.41, 5.74) is 0.829. The molecule has 1 aliphatic heterocycles. The lowest BCUT2D eigenvalue weighted by Gasteiger charge is -2.34. The molecule has 2 aromatic rings. The van der Waals surface area contributed by atoms with Gasteiger partial charge in [0.1, 0.15) is 17.8 Å². The first-order chi connectivity index (χ1) is 8.84. The van der Waals surface area contributed by atoms with Crippen LogP contribution in [0.5, 0.6) is 0 Å². The summed E-state index contributed by atoms with van der Waals surface area (Å²) >= 11 is 0. The van der Waals surface area contributed by atoms with Crippen LogP contribution in [0.25, 0.3) is 11.5 Å². The number of rotatable bonds is 2. The summed E-state index contributed by atoms with van der Waals surface area (Å²) in [5.74, 6) is 1.74. The monoisotopic (exact) mass is 244 g/mol. The molecule has 1 atom stereocenters. The molecular formula is C13H16N4O. The van der Waals surface area contributed by atoms with Crippen molar-refractivity contribution >= 4 is 5.82 Å². The summed E-state index contributed by atoms with van der Waals surface area (Å²) in [7, 11) is 0. The maximum Gasteiger partial charge on any atom is 0.152 e. The second-order valence-corrected chi connectivity index (χ2v) is 4.49. The normalized spacial score (nSPS) is 20.1. The lowest BCUT2D eigenvalue weighted by molar-refractivity contribution is 0.497. The van der Waals surface area contributed by atoms with Gasteiger partial charge in [-0.2, -0.15) is 0 Å². The van der Waals surface area contributed by atoms with E-state index >= 15 is 0 Å². The molecule has 2 aromatic heterocycles. The van der Waals surface area contributed by atoms with Crippen molar-refractivity contribution in [1.82, 2.24) is 15.3 Å². The minimum absolute atomic E-state index is 0.443. The summed E-state index contributed by atoms with van der Waals surface area (Å²) in [5, 5.41) is 3.37. The maximum absolute atomic E-state index is 5.37. The van der Waals surface area contributed by atoms with Gasteiger partial charge in [-0.25, -0.2) is 9.97 Å². The van der Waals surface area contributed by atoms with Crippen LogP contribution < -0.4 is 10.2 Å². The lowest BCUT2D eigenvalue weighted by Crippen LogP contribution is -2.50. The van der Waals surface area contributed by atoms with E-state index in [-0.39, 0.29) is 0 Å². The van der Waals surface area contributed by atoms with Crippen molar-refractivity contribution in [3.8, 4) is 11.5 Å². The topological polar surface area (TPSA) is 54.2 Å². The Bertz CT molecular complexity index is 511. The Morgan fingerprint density at radius 3 is 3.17 bits per heavy atom. The van der Waals surface area contributed by atoms with Gasteiger partial charge >= 0.3 is 0 Å². The number of nitrogens with zero attached hydrogens (tertiary/aromatic N) is 3. The van der Waals surface area contributed by atoms with Crippen molar-refractivity contribution in [3.63, 3.8) is 0 Å². The molecule has 0 bridgehead atoms. The number of aromatic nitrogens is 2. The average molecular weight is 244 g/mol. The third-order valence-electron chi connectivity index (χ3n) is 3.22. The van der Waals surface area contributed by atoms with Crippen molar-refractivity contribution in [2.24, 2.45) is 0 Å². The van der Waals surface area contributed by atoms with Gasteiger partial charge < -0.3 is 14.6 Å². The van der Waals surface area contributed by atoms with E-state index in [0.717, 1.165) is 36.9 Å². The molecule has 1 saturated heterocycles. The second kappa shape index (κ2) is 4.78. The Balaban J connectivity index is 1.91. The molecule has 3 rings (SSSR count). The van der Waals surface area contributed by atoms with Gasteiger partial charge in [0.05, 0.1) is 6.26 Å². The fourth-order valence-corrected chi connectivity index (χ4v) is 2.24. The number of nitrogens with one attached hydrogen (secondary N) is 1. The Kier molecular flexibility index (Phi) is 2.98. The molecule has 3 heterocycles.